The fourth-order valence-electron chi connectivity index (χ4n) is 0.809. The Morgan fingerprint density at radius 3 is 2.73 bits per heavy atom. The zero-order valence-electron chi connectivity index (χ0n) is 6.39. The van der Waals surface area contributed by atoms with E-state index in [-0.39, 0.29) is 0 Å². The van der Waals surface area contributed by atoms with Crippen LogP contribution in [0.3, 0.4) is 0 Å². The minimum absolute atomic E-state index is 0.572. The van der Waals surface area contributed by atoms with Gasteiger partial charge in [-0.3, -0.25) is 4.98 Å². The Balaban J connectivity index is 3.67. The molecule has 0 aliphatic heterocycles. The molecule has 0 amide bonds. The van der Waals surface area contributed by atoms with E-state index in [0.717, 1.165) is 10.8 Å². The molecule has 0 saturated carbocycles. The van der Waals surface area contributed by atoms with Gasteiger partial charge in [-0.15, -0.1) is 0 Å². The molecule has 1 aromatic heterocycles. The van der Waals surface area contributed by atoms with Crippen LogP contribution in [0.25, 0.3) is 13.2 Å². The van der Waals surface area contributed by atoms with E-state index in [2.05, 4.69) is 18.1 Å². The van der Waals surface area contributed by atoms with Gasteiger partial charge in [0.15, 0.2) is 0 Å². The van der Waals surface area contributed by atoms with Crippen molar-refractivity contribution < 1.29 is 0 Å². The van der Waals surface area contributed by atoms with Crippen molar-refractivity contribution in [2.75, 3.05) is 0 Å². The van der Waals surface area contributed by atoms with Crippen LogP contribution in [0.15, 0.2) is 6.20 Å². The van der Waals surface area contributed by atoms with Crippen molar-refractivity contribution in [1.29, 1.82) is 5.26 Å². The second-order valence-corrected chi connectivity index (χ2v) is 2.33. The molecule has 2 nitrogen and oxygen atoms in total. The van der Waals surface area contributed by atoms with Crippen molar-refractivity contribution in [3.8, 4) is 6.07 Å². The van der Waals surface area contributed by atoms with Crippen molar-refractivity contribution in [3.63, 3.8) is 0 Å². The van der Waals surface area contributed by atoms with Gasteiger partial charge >= 0.3 is 0 Å². The minimum Gasteiger partial charge on any atom is -0.256 e. The minimum atomic E-state index is 0.572. The molecule has 0 aliphatic rings. The van der Waals surface area contributed by atoms with Crippen LogP contribution >= 0.6 is 0 Å². The summed E-state index contributed by atoms with van der Waals surface area (Å²) in [7, 11) is 0. The number of rotatable bonds is 0. The average Bonchev–Trinajstić information content (AvgIpc) is 2.01. The maximum absolute atomic E-state index is 8.60. The van der Waals surface area contributed by atoms with Gasteiger partial charge < -0.3 is 0 Å². The topological polar surface area (TPSA) is 36.7 Å². The van der Waals surface area contributed by atoms with Gasteiger partial charge in [0.1, 0.15) is 6.07 Å². The zero-order chi connectivity index (χ0) is 8.43. The fourth-order valence-corrected chi connectivity index (χ4v) is 0.809. The highest BCUT2D eigenvalue weighted by molar-refractivity contribution is 5.36. The number of hydrogen-bond donors (Lipinski definition) is 0. The Labute approximate surface area is 65.1 Å². The van der Waals surface area contributed by atoms with Crippen LogP contribution in [-0.2, 0) is 0 Å². The first-order valence-electron chi connectivity index (χ1n) is 3.20. The van der Waals surface area contributed by atoms with Crippen molar-refractivity contribution >= 4 is 13.2 Å². The Bertz CT molecular complexity index is 412. The summed E-state index contributed by atoms with van der Waals surface area (Å²) in [6.07, 6.45) is 1.52. The lowest BCUT2D eigenvalue weighted by molar-refractivity contribution is 1.17. The summed E-state index contributed by atoms with van der Waals surface area (Å²) >= 11 is 0. The fraction of sp³-hybridized carbons (Fsp3) is 0.111. The van der Waals surface area contributed by atoms with Crippen LogP contribution in [-0.4, -0.2) is 4.98 Å². The molecule has 1 heterocycles. The van der Waals surface area contributed by atoms with Gasteiger partial charge in [0.05, 0.1) is 10.9 Å². The molecular formula is C9H8N2. The molecule has 1 aromatic rings. The van der Waals surface area contributed by atoms with Crippen molar-refractivity contribution in [1.82, 2.24) is 4.98 Å². The largest absolute Gasteiger partial charge is 0.256 e. The molecule has 0 bridgehead atoms. The van der Waals surface area contributed by atoms with E-state index < -0.39 is 0 Å². The molecular weight excluding hydrogens is 136 g/mol. The maximum atomic E-state index is 8.60. The summed E-state index contributed by atoms with van der Waals surface area (Å²) < 4.78 is 0. The first kappa shape index (κ1) is 7.49. The summed E-state index contributed by atoms with van der Waals surface area (Å²) in [4.78, 5) is 3.91. The first-order chi connectivity index (χ1) is 5.16. The van der Waals surface area contributed by atoms with Crippen molar-refractivity contribution in [2.45, 2.75) is 6.92 Å². The second kappa shape index (κ2) is 2.55. The molecule has 0 unspecified atom stereocenters. The predicted octanol–water partition coefficient (Wildman–Crippen LogP) is 0.0823. The second-order valence-electron chi connectivity index (χ2n) is 2.33. The Hall–Kier alpha value is -1.62. The highest BCUT2D eigenvalue weighted by atomic mass is 14.6. The van der Waals surface area contributed by atoms with Gasteiger partial charge in [0.25, 0.3) is 0 Å². The van der Waals surface area contributed by atoms with E-state index >= 15 is 0 Å². The van der Waals surface area contributed by atoms with Gasteiger partial charge in [0.2, 0.25) is 0 Å². The van der Waals surface area contributed by atoms with Crippen LogP contribution in [0, 0.1) is 18.3 Å². The number of hydrogen-bond acceptors (Lipinski definition) is 2. The standard InChI is InChI=1S/C9H8N2/c1-6-7(2)9(4-10)5-11-8(6)3/h5H,1,3H2,2H3. The molecule has 0 aromatic carbocycles. The third kappa shape index (κ3) is 1.13. The van der Waals surface area contributed by atoms with Gasteiger partial charge in [-0.1, -0.05) is 13.2 Å². The Morgan fingerprint density at radius 2 is 2.18 bits per heavy atom. The predicted molar refractivity (Wildman–Crippen MR) is 44.0 cm³/mol. The zero-order valence-corrected chi connectivity index (χ0v) is 6.39. The van der Waals surface area contributed by atoms with Gasteiger partial charge in [-0.25, -0.2) is 0 Å². The van der Waals surface area contributed by atoms with E-state index in [4.69, 9.17) is 5.26 Å². The van der Waals surface area contributed by atoms with Crippen LogP contribution < -0.4 is 10.6 Å². The average molecular weight is 144 g/mol. The summed E-state index contributed by atoms with van der Waals surface area (Å²) in [5.41, 5.74) is 1.44. The molecule has 0 spiro atoms. The summed E-state index contributed by atoms with van der Waals surface area (Å²) in [6.45, 7) is 9.27. The normalized spacial score (nSPS) is 9.09. The number of nitriles is 1. The summed E-state index contributed by atoms with van der Waals surface area (Å²) in [5.74, 6) is 0. The van der Waals surface area contributed by atoms with E-state index in [1.807, 2.05) is 13.0 Å². The van der Waals surface area contributed by atoms with E-state index in [9.17, 15) is 0 Å². The molecule has 1 rings (SSSR count). The van der Waals surface area contributed by atoms with Crippen LogP contribution in [0.4, 0.5) is 0 Å². The monoisotopic (exact) mass is 144 g/mol. The SMILES string of the molecule is C=c1ncc(C#N)c(C)c1=C. The lowest BCUT2D eigenvalue weighted by Gasteiger charge is -1.95. The van der Waals surface area contributed by atoms with Crippen molar-refractivity contribution in [3.05, 3.63) is 27.9 Å². The molecule has 0 aliphatic carbocycles. The number of aromatic nitrogens is 1. The van der Waals surface area contributed by atoms with Gasteiger partial charge in [-0.2, -0.15) is 5.26 Å². The highest BCUT2D eigenvalue weighted by Crippen LogP contribution is 1.93. The third-order valence-electron chi connectivity index (χ3n) is 1.67. The molecule has 0 fully saturated rings. The molecule has 0 saturated heterocycles. The molecule has 54 valence electrons. The molecule has 0 atom stereocenters. The maximum Gasteiger partial charge on any atom is 0.101 e. The molecule has 0 radical (unpaired) electrons. The first-order valence-corrected chi connectivity index (χ1v) is 3.20. The lowest BCUT2D eigenvalue weighted by atomic mass is 10.1. The van der Waals surface area contributed by atoms with Gasteiger partial charge in [-0.05, 0) is 17.7 Å². The van der Waals surface area contributed by atoms with Gasteiger partial charge in [0, 0.05) is 6.20 Å². The summed E-state index contributed by atoms with van der Waals surface area (Å²) in [5, 5.41) is 9.99. The Kier molecular flexibility index (Phi) is 1.74. The van der Waals surface area contributed by atoms with E-state index in [1.165, 1.54) is 6.20 Å². The number of pyridine rings is 1. The number of nitrogens with zero attached hydrogens (tertiary/aromatic N) is 2. The van der Waals surface area contributed by atoms with Crippen LogP contribution in [0.5, 0.6) is 0 Å². The molecule has 2 heteroatoms. The van der Waals surface area contributed by atoms with E-state index in [0.29, 0.717) is 10.9 Å². The smallest absolute Gasteiger partial charge is 0.101 e. The van der Waals surface area contributed by atoms with Crippen molar-refractivity contribution in [2.24, 2.45) is 0 Å². The summed E-state index contributed by atoms with van der Waals surface area (Å²) in [6, 6.07) is 2.03. The molecule has 11 heavy (non-hydrogen) atoms. The highest BCUT2D eigenvalue weighted by Gasteiger charge is 1.96. The third-order valence-corrected chi connectivity index (χ3v) is 1.67. The van der Waals surface area contributed by atoms with Crippen LogP contribution in [0.2, 0.25) is 0 Å². The van der Waals surface area contributed by atoms with Crippen LogP contribution in [0.1, 0.15) is 11.1 Å². The molecule has 0 N–H and O–H groups in total. The lowest BCUT2D eigenvalue weighted by Crippen LogP contribution is -2.28. The Morgan fingerprint density at radius 1 is 1.55 bits per heavy atom. The quantitative estimate of drug-likeness (QED) is 0.517. The van der Waals surface area contributed by atoms with E-state index in [1.54, 1.807) is 0 Å².